The zero-order valence-corrected chi connectivity index (χ0v) is 8.23. The first-order valence-electron chi connectivity index (χ1n) is 5.58. The quantitative estimate of drug-likeness (QED) is 0.633. The maximum absolute atomic E-state index is 3.67. The second-order valence-electron chi connectivity index (χ2n) is 4.75. The van der Waals surface area contributed by atoms with Crippen molar-refractivity contribution in [3.05, 3.63) is 0 Å². The van der Waals surface area contributed by atoms with Crippen LogP contribution in [0, 0.1) is 5.41 Å². The summed E-state index contributed by atoms with van der Waals surface area (Å²) in [4.78, 5) is 0. The predicted octanol–water partition coefficient (Wildman–Crippen LogP) is 2.71. The molecule has 2 rings (SSSR count). The van der Waals surface area contributed by atoms with Crippen molar-refractivity contribution in [3.63, 3.8) is 0 Å². The van der Waals surface area contributed by atoms with Gasteiger partial charge in [-0.3, -0.25) is 0 Å². The molecule has 2 fully saturated rings. The minimum absolute atomic E-state index is 0.735. The zero-order chi connectivity index (χ0) is 8.44. The predicted molar refractivity (Wildman–Crippen MR) is 52.2 cm³/mol. The van der Waals surface area contributed by atoms with E-state index in [0.717, 1.165) is 11.5 Å². The molecule has 0 aromatic rings. The molecule has 1 N–H and O–H groups in total. The van der Waals surface area contributed by atoms with Crippen LogP contribution in [0.5, 0.6) is 0 Å². The van der Waals surface area contributed by atoms with E-state index in [9.17, 15) is 0 Å². The summed E-state index contributed by atoms with van der Waals surface area (Å²) in [5.74, 6) is 0. The van der Waals surface area contributed by atoms with Crippen molar-refractivity contribution < 1.29 is 0 Å². The Kier molecular flexibility index (Phi) is 2.40. The van der Waals surface area contributed by atoms with E-state index >= 15 is 0 Å². The molecule has 0 bridgehead atoms. The van der Waals surface area contributed by atoms with Crippen LogP contribution >= 0.6 is 0 Å². The zero-order valence-electron chi connectivity index (χ0n) is 8.23. The third-order valence-corrected chi connectivity index (χ3v) is 3.85. The van der Waals surface area contributed by atoms with Crippen LogP contribution in [0.4, 0.5) is 0 Å². The highest BCUT2D eigenvalue weighted by atomic mass is 15.0. The van der Waals surface area contributed by atoms with Gasteiger partial charge in [-0.25, -0.2) is 0 Å². The summed E-state index contributed by atoms with van der Waals surface area (Å²) < 4.78 is 0. The van der Waals surface area contributed by atoms with E-state index in [1.165, 1.54) is 51.5 Å². The number of hydrogen-bond donors (Lipinski definition) is 1. The molecule has 1 atom stereocenters. The van der Waals surface area contributed by atoms with E-state index in [1.807, 2.05) is 0 Å². The summed E-state index contributed by atoms with van der Waals surface area (Å²) >= 11 is 0. The number of nitrogens with one attached hydrogen (secondary N) is 1. The Labute approximate surface area is 75.9 Å². The molecule has 1 aliphatic carbocycles. The summed E-state index contributed by atoms with van der Waals surface area (Å²) in [6.45, 7) is 3.62. The van der Waals surface area contributed by atoms with Gasteiger partial charge in [0.2, 0.25) is 0 Å². The fourth-order valence-corrected chi connectivity index (χ4v) is 3.00. The van der Waals surface area contributed by atoms with Crippen molar-refractivity contribution in [1.29, 1.82) is 0 Å². The Morgan fingerprint density at radius 1 is 1.25 bits per heavy atom. The fraction of sp³-hybridized carbons (Fsp3) is 1.00. The summed E-state index contributed by atoms with van der Waals surface area (Å²) in [7, 11) is 0. The molecule has 0 aromatic carbocycles. The minimum Gasteiger partial charge on any atom is -0.313 e. The van der Waals surface area contributed by atoms with Gasteiger partial charge in [0.05, 0.1) is 0 Å². The van der Waals surface area contributed by atoms with Gasteiger partial charge in [0.1, 0.15) is 0 Å². The molecule has 2 aliphatic rings. The highest BCUT2D eigenvalue weighted by Crippen LogP contribution is 2.43. The Bertz CT molecular complexity index is 147. The molecule has 1 heteroatoms. The molecule has 1 unspecified atom stereocenters. The molecular weight excluding hydrogens is 146 g/mol. The van der Waals surface area contributed by atoms with Gasteiger partial charge in [-0.1, -0.05) is 26.2 Å². The lowest BCUT2D eigenvalue weighted by Crippen LogP contribution is -2.26. The molecule has 1 saturated carbocycles. The molecule has 1 spiro atoms. The van der Waals surface area contributed by atoms with E-state index in [2.05, 4.69) is 12.2 Å². The first-order chi connectivity index (χ1) is 5.85. The molecule has 1 heterocycles. The first kappa shape index (κ1) is 8.55. The van der Waals surface area contributed by atoms with E-state index in [-0.39, 0.29) is 0 Å². The second-order valence-corrected chi connectivity index (χ2v) is 4.75. The largest absolute Gasteiger partial charge is 0.313 e. The first-order valence-corrected chi connectivity index (χ1v) is 5.58. The average Bonchev–Trinajstić information content (AvgIpc) is 2.50. The summed E-state index contributed by atoms with van der Waals surface area (Å²) in [6.07, 6.45) is 10.2. The van der Waals surface area contributed by atoms with Crippen molar-refractivity contribution in [2.45, 2.75) is 57.9 Å². The third-order valence-electron chi connectivity index (χ3n) is 3.85. The van der Waals surface area contributed by atoms with Crippen LogP contribution in [0.2, 0.25) is 0 Å². The van der Waals surface area contributed by atoms with Gasteiger partial charge in [0.25, 0.3) is 0 Å². The van der Waals surface area contributed by atoms with Gasteiger partial charge in [-0.2, -0.15) is 0 Å². The van der Waals surface area contributed by atoms with Crippen molar-refractivity contribution in [1.82, 2.24) is 5.32 Å². The normalized spacial score (nSPS) is 34.2. The number of rotatable bonds is 1. The van der Waals surface area contributed by atoms with Gasteiger partial charge in [0.15, 0.2) is 0 Å². The lowest BCUT2D eigenvalue weighted by molar-refractivity contribution is 0.211. The molecule has 0 amide bonds. The lowest BCUT2D eigenvalue weighted by Gasteiger charge is -2.32. The minimum atomic E-state index is 0.735. The van der Waals surface area contributed by atoms with Crippen molar-refractivity contribution in [2.75, 3.05) is 6.54 Å². The second kappa shape index (κ2) is 3.37. The van der Waals surface area contributed by atoms with Crippen molar-refractivity contribution in [3.8, 4) is 0 Å². The molecule has 0 radical (unpaired) electrons. The maximum Gasteiger partial charge on any atom is 0.00704 e. The Balaban J connectivity index is 1.94. The molecule has 1 saturated heterocycles. The van der Waals surface area contributed by atoms with Gasteiger partial charge in [-0.15, -0.1) is 0 Å². The van der Waals surface area contributed by atoms with Gasteiger partial charge >= 0.3 is 0 Å². The van der Waals surface area contributed by atoms with Crippen molar-refractivity contribution >= 4 is 0 Å². The molecule has 0 aromatic heterocycles. The van der Waals surface area contributed by atoms with E-state index < -0.39 is 0 Å². The third kappa shape index (κ3) is 1.52. The highest BCUT2D eigenvalue weighted by molar-refractivity contribution is 4.94. The number of hydrogen-bond acceptors (Lipinski definition) is 1. The van der Waals surface area contributed by atoms with Crippen LogP contribution in [0.15, 0.2) is 0 Å². The molecular formula is C11H21N. The lowest BCUT2D eigenvalue weighted by atomic mass is 9.72. The molecule has 12 heavy (non-hydrogen) atoms. The monoisotopic (exact) mass is 167 g/mol. The van der Waals surface area contributed by atoms with Crippen LogP contribution in [0.3, 0.4) is 0 Å². The summed E-state index contributed by atoms with van der Waals surface area (Å²) in [6, 6.07) is 0.836. The Morgan fingerprint density at radius 3 is 2.58 bits per heavy atom. The summed E-state index contributed by atoms with van der Waals surface area (Å²) in [5.41, 5.74) is 0.735. The van der Waals surface area contributed by atoms with Crippen LogP contribution in [0.1, 0.15) is 51.9 Å². The van der Waals surface area contributed by atoms with Gasteiger partial charge in [0, 0.05) is 12.6 Å². The average molecular weight is 167 g/mol. The topological polar surface area (TPSA) is 12.0 Å². The van der Waals surface area contributed by atoms with E-state index in [4.69, 9.17) is 0 Å². The van der Waals surface area contributed by atoms with Gasteiger partial charge in [-0.05, 0) is 31.1 Å². The SMILES string of the molecule is CCC1CC2(CCCCC2)CN1. The molecule has 1 nitrogen and oxygen atoms in total. The highest BCUT2D eigenvalue weighted by Gasteiger charge is 2.38. The van der Waals surface area contributed by atoms with Crippen molar-refractivity contribution in [2.24, 2.45) is 5.41 Å². The smallest absolute Gasteiger partial charge is 0.00704 e. The Morgan fingerprint density at radius 2 is 2.00 bits per heavy atom. The molecule has 70 valence electrons. The van der Waals surface area contributed by atoms with E-state index in [1.54, 1.807) is 0 Å². The van der Waals surface area contributed by atoms with Gasteiger partial charge < -0.3 is 5.32 Å². The Hall–Kier alpha value is -0.0400. The standard InChI is InChI=1S/C11H21N/c1-2-10-8-11(9-12-10)6-4-3-5-7-11/h10,12H,2-9H2,1H3. The molecule has 1 aliphatic heterocycles. The fourth-order valence-electron chi connectivity index (χ4n) is 3.00. The van der Waals surface area contributed by atoms with Crippen LogP contribution in [-0.4, -0.2) is 12.6 Å². The summed E-state index contributed by atoms with van der Waals surface area (Å²) in [5, 5.41) is 3.67. The van der Waals surface area contributed by atoms with Crippen LogP contribution in [-0.2, 0) is 0 Å². The van der Waals surface area contributed by atoms with Crippen LogP contribution < -0.4 is 5.32 Å². The maximum atomic E-state index is 3.67. The van der Waals surface area contributed by atoms with Crippen LogP contribution in [0.25, 0.3) is 0 Å². The van der Waals surface area contributed by atoms with E-state index in [0.29, 0.717) is 0 Å².